The van der Waals surface area contributed by atoms with Crippen molar-refractivity contribution in [3.63, 3.8) is 0 Å². The van der Waals surface area contributed by atoms with E-state index in [1.165, 1.54) is 6.07 Å². The number of anilines is 1. The molecule has 0 amide bonds. The van der Waals surface area contributed by atoms with E-state index < -0.39 is 5.97 Å². The van der Waals surface area contributed by atoms with Crippen molar-refractivity contribution in [3.8, 4) is 18.2 Å². The number of carboxylic acid groups (broad SMARTS) is 1. The molecular weight excluding hydrogens is 244 g/mol. The van der Waals surface area contributed by atoms with E-state index in [0.717, 1.165) is 0 Å². The van der Waals surface area contributed by atoms with E-state index in [2.05, 4.69) is 5.32 Å². The maximum Gasteiger partial charge on any atom is 0.307 e. The number of allylic oxidation sites excluding steroid dienone is 2. The highest BCUT2D eigenvalue weighted by molar-refractivity contribution is 5.71. The van der Waals surface area contributed by atoms with Gasteiger partial charge in [-0.05, 0) is 17.7 Å². The first-order chi connectivity index (χ1) is 9.10. The molecule has 0 unspecified atom stereocenters. The fourth-order valence-corrected chi connectivity index (χ4v) is 1.36. The van der Waals surface area contributed by atoms with Crippen molar-refractivity contribution in [2.45, 2.75) is 6.42 Å². The lowest BCUT2D eigenvalue weighted by atomic mass is 10.1. The minimum Gasteiger partial charge on any atom is -0.481 e. The second-order valence-corrected chi connectivity index (χ2v) is 3.48. The minimum atomic E-state index is -0.970. The van der Waals surface area contributed by atoms with Gasteiger partial charge in [0.1, 0.15) is 23.9 Å². The van der Waals surface area contributed by atoms with Crippen LogP contribution in [0.3, 0.4) is 0 Å². The third kappa shape index (κ3) is 3.89. The monoisotopic (exact) mass is 252 g/mol. The van der Waals surface area contributed by atoms with Gasteiger partial charge in [-0.2, -0.15) is 15.8 Å². The maximum absolute atomic E-state index is 10.6. The van der Waals surface area contributed by atoms with Crippen molar-refractivity contribution in [3.05, 3.63) is 41.1 Å². The zero-order chi connectivity index (χ0) is 14.3. The van der Waals surface area contributed by atoms with E-state index in [1.807, 2.05) is 0 Å². The number of hydrogen-bond donors (Lipinski definition) is 2. The summed E-state index contributed by atoms with van der Waals surface area (Å²) < 4.78 is 0. The fraction of sp³-hybridized carbons (Fsp3) is 0.0769. The van der Waals surface area contributed by atoms with Crippen LogP contribution in [0.5, 0.6) is 0 Å². The predicted octanol–water partition coefficient (Wildman–Crippen LogP) is 1.55. The van der Waals surface area contributed by atoms with E-state index in [1.54, 1.807) is 36.4 Å². The molecule has 19 heavy (non-hydrogen) atoms. The van der Waals surface area contributed by atoms with Crippen molar-refractivity contribution in [2.24, 2.45) is 0 Å². The quantitative estimate of drug-likeness (QED) is 0.784. The Morgan fingerprint density at radius 2 is 1.89 bits per heavy atom. The number of nitrogens with zero attached hydrogens (tertiary/aromatic N) is 3. The number of aliphatic carboxylic acids is 1. The van der Waals surface area contributed by atoms with Crippen molar-refractivity contribution < 1.29 is 9.90 Å². The summed E-state index contributed by atoms with van der Waals surface area (Å²) in [6, 6.07) is 11.3. The second kappa shape index (κ2) is 6.44. The highest BCUT2D eigenvalue weighted by Crippen LogP contribution is 2.14. The van der Waals surface area contributed by atoms with Gasteiger partial charge in [-0.25, -0.2) is 0 Å². The number of nitrogens with one attached hydrogen (secondary N) is 1. The SMILES string of the molecule is N#CC(C#N)=C(C#N)Nc1cccc(CC(=O)O)c1. The Morgan fingerprint density at radius 3 is 2.42 bits per heavy atom. The van der Waals surface area contributed by atoms with Crippen LogP contribution in [0, 0.1) is 34.0 Å². The Balaban J connectivity index is 3.04. The maximum atomic E-state index is 10.6. The molecule has 0 bridgehead atoms. The van der Waals surface area contributed by atoms with Crippen LogP contribution in [0.1, 0.15) is 5.56 Å². The summed E-state index contributed by atoms with van der Waals surface area (Å²) in [5.41, 5.74) is 0.493. The lowest BCUT2D eigenvalue weighted by Gasteiger charge is -2.06. The van der Waals surface area contributed by atoms with Crippen LogP contribution in [-0.4, -0.2) is 11.1 Å². The molecule has 0 saturated carbocycles. The van der Waals surface area contributed by atoms with Gasteiger partial charge in [0.2, 0.25) is 0 Å². The smallest absolute Gasteiger partial charge is 0.307 e. The molecule has 1 rings (SSSR count). The number of carboxylic acids is 1. The summed E-state index contributed by atoms with van der Waals surface area (Å²) >= 11 is 0. The molecule has 0 radical (unpaired) electrons. The Kier molecular flexibility index (Phi) is 4.66. The second-order valence-electron chi connectivity index (χ2n) is 3.48. The fourth-order valence-electron chi connectivity index (χ4n) is 1.36. The van der Waals surface area contributed by atoms with Crippen LogP contribution in [0.15, 0.2) is 35.5 Å². The molecule has 0 aliphatic rings. The topological polar surface area (TPSA) is 121 Å². The van der Waals surface area contributed by atoms with E-state index in [9.17, 15) is 4.79 Å². The number of carbonyl (C=O) groups is 1. The first-order valence-corrected chi connectivity index (χ1v) is 5.13. The summed E-state index contributed by atoms with van der Waals surface area (Å²) in [4.78, 5) is 10.6. The average Bonchev–Trinajstić information content (AvgIpc) is 2.38. The molecule has 0 atom stereocenters. The van der Waals surface area contributed by atoms with Gasteiger partial charge >= 0.3 is 5.97 Å². The van der Waals surface area contributed by atoms with Crippen LogP contribution < -0.4 is 5.32 Å². The molecule has 1 aromatic rings. The van der Waals surface area contributed by atoms with Crippen molar-refractivity contribution in [2.75, 3.05) is 5.32 Å². The molecule has 0 fully saturated rings. The Hall–Kier alpha value is -3.30. The average molecular weight is 252 g/mol. The zero-order valence-corrected chi connectivity index (χ0v) is 9.71. The summed E-state index contributed by atoms with van der Waals surface area (Å²) in [5.74, 6) is -0.970. The molecule has 92 valence electrons. The highest BCUT2D eigenvalue weighted by atomic mass is 16.4. The lowest BCUT2D eigenvalue weighted by molar-refractivity contribution is -0.136. The van der Waals surface area contributed by atoms with Crippen LogP contribution in [-0.2, 0) is 11.2 Å². The molecule has 0 spiro atoms. The van der Waals surface area contributed by atoms with Crippen molar-refractivity contribution >= 4 is 11.7 Å². The largest absolute Gasteiger partial charge is 0.481 e. The van der Waals surface area contributed by atoms with Gasteiger partial charge in [-0.1, -0.05) is 12.1 Å². The predicted molar refractivity (Wildman–Crippen MR) is 65.3 cm³/mol. The molecule has 6 heteroatoms. The van der Waals surface area contributed by atoms with Crippen LogP contribution in [0.4, 0.5) is 5.69 Å². The molecule has 0 aromatic heterocycles. The number of rotatable bonds is 4. The molecule has 2 N–H and O–H groups in total. The minimum absolute atomic E-state index is 0.148. The van der Waals surface area contributed by atoms with E-state index in [-0.39, 0.29) is 17.7 Å². The molecule has 0 aliphatic carbocycles. The third-order valence-electron chi connectivity index (χ3n) is 2.14. The van der Waals surface area contributed by atoms with Gasteiger partial charge in [0, 0.05) is 5.69 Å². The molecular formula is C13H8N4O2. The standard InChI is InChI=1S/C13H8N4O2/c14-6-10(7-15)12(8-16)17-11-3-1-2-9(4-11)5-13(18)19/h1-4,17H,5H2,(H,18,19). The Bertz CT molecular complexity index is 640. The summed E-state index contributed by atoms with van der Waals surface area (Å²) in [5, 5.41) is 37.5. The normalized spacial score (nSPS) is 8.47. The summed E-state index contributed by atoms with van der Waals surface area (Å²) in [6.45, 7) is 0. The first kappa shape index (κ1) is 13.8. The van der Waals surface area contributed by atoms with Crippen molar-refractivity contribution in [1.29, 1.82) is 15.8 Å². The first-order valence-electron chi connectivity index (χ1n) is 5.13. The van der Waals surface area contributed by atoms with E-state index in [0.29, 0.717) is 11.3 Å². The number of hydrogen-bond acceptors (Lipinski definition) is 5. The third-order valence-corrected chi connectivity index (χ3v) is 2.14. The zero-order valence-electron chi connectivity index (χ0n) is 9.71. The molecule has 0 saturated heterocycles. The van der Waals surface area contributed by atoms with Gasteiger partial charge in [0.25, 0.3) is 0 Å². The number of benzene rings is 1. The Labute approximate surface area is 109 Å². The summed E-state index contributed by atoms with van der Waals surface area (Å²) in [7, 11) is 0. The van der Waals surface area contributed by atoms with Crippen molar-refractivity contribution in [1.82, 2.24) is 0 Å². The van der Waals surface area contributed by atoms with E-state index >= 15 is 0 Å². The van der Waals surface area contributed by atoms with Crippen LogP contribution in [0.25, 0.3) is 0 Å². The number of nitriles is 3. The van der Waals surface area contributed by atoms with Gasteiger partial charge in [-0.3, -0.25) is 4.79 Å². The molecule has 6 nitrogen and oxygen atoms in total. The van der Waals surface area contributed by atoms with E-state index in [4.69, 9.17) is 20.9 Å². The molecule has 1 aromatic carbocycles. The van der Waals surface area contributed by atoms with Gasteiger partial charge in [-0.15, -0.1) is 0 Å². The Morgan fingerprint density at radius 1 is 1.21 bits per heavy atom. The van der Waals surface area contributed by atoms with Crippen LogP contribution >= 0.6 is 0 Å². The summed E-state index contributed by atoms with van der Waals surface area (Å²) in [6.07, 6.45) is -0.148. The molecule has 0 aliphatic heterocycles. The molecule has 0 heterocycles. The highest BCUT2D eigenvalue weighted by Gasteiger charge is 2.07. The van der Waals surface area contributed by atoms with Gasteiger partial charge in [0.15, 0.2) is 5.57 Å². The van der Waals surface area contributed by atoms with Crippen LogP contribution in [0.2, 0.25) is 0 Å². The lowest BCUT2D eigenvalue weighted by Crippen LogP contribution is -2.03. The van der Waals surface area contributed by atoms with Gasteiger partial charge < -0.3 is 10.4 Å². The van der Waals surface area contributed by atoms with Gasteiger partial charge in [0.05, 0.1) is 6.42 Å².